The van der Waals surface area contributed by atoms with Gasteiger partial charge in [-0.25, -0.2) is 0 Å². The molecule has 1 aromatic rings. The number of benzene rings is 1. The van der Waals surface area contributed by atoms with Gasteiger partial charge in [-0.2, -0.15) is 0 Å². The molecule has 1 aromatic carbocycles. The summed E-state index contributed by atoms with van der Waals surface area (Å²) in [6.07, 6.45) is 0. The Balaban J connectivity index is 2.92. The van der Waals surface area contributed by atoms with Crippen LogP contribution in [0.1, 0.15) is 0 Å². The summed E-state index contributed by atoms with van der Waals surface area (Å²) in [5, 5.41) is 10.2. The molecule has 0 aliphatic heterocycles. The zero-order chi connectivity index (χ0) is 8.27. The Kier molecular flexibility index (Phi) is 2.39. The molecule has 0 aliphatic rings. The molecule has 0 amide bonds. The van der Waals surface area contributed by atoms with Crippen molar-refractivity contribution in [3.8, 4) is 0 Å². The first kappa shape index (κ1) is 7.95. The highest BCUT2D eigenvalue weighted by Crippen LogP contribution is 2.18. The second kappa shape index (κ2) is 3.30. The molecule has 0 aliphatic carbocycles. The highest BCUT2D eigenvalue weighted by molar-refractivity contribution is 9.10. The highest BCUT2D eigenvalue weighted by atomic mass is 79.9. The van der Waals surface area contributed by atoms with Crippen LogP contribution >= 0.6 is 15.9 Å². The first-order valence-electron chi connectivity index (χ1n) is 2.80. The van der Waals surface area contributed by atoms with Gasteiger partial charge in [0, 0.05) is 4.47 Å². The molecule has 0 fully saturated rings. The van der Waals surface area contributed by atoms with Crippen LogP contribution in [0.5, 0.6) is 0 Å². The van der Waals surface area contributed by atoms with Crippen LogP contribution < -0.4 is 5.23 Å². The second-order valence-corrected chi connectivity index (χ2v) is 2.74. The van der Waals surface area contributed by atoms with Gasteiger partial charge in [0.2, 0.25) is 0 Å². The van der Waals surface area contributed by atoms with Crippen LogP contribution in [0.4, 0.5) is 10.2 Å². The van der Waals surface area contributed by atoms with Crippen molar-refractivity contribution in [3.05, 3.63) is 33.8 Å². The Morgan fingerprint density at radius 3 is 2.36 bits per heavy atom. The molecular formula is C6H4BrFN3+. The molecule has 0 saturated heterocycles. The van der Waals surface area contributed by atoms with Gasteiger partial charge in [-0.15, -0.1) is 0 Å². The van der Waals surface area contributed by atoms with Crippen molar-refractivity contribution in [2.24, 2.45) is 0 Å². The summed E-state index contributed by atoms with van der Waals surface area (Å²) in [4.78, 5) is 0. The van der Waals surface area contributed by atoms with E-state index in [0.29, 0.717) is 0 Å². The number of hydrogen-bond donors (Lipinski definition) is 0. The fourth-order valence-electron chi connectivity index (χ4n) is 0.616. The van der Waals surface area contributed by atoms with Crippen molar-refractivity contribution in [2.75, 3.05) is 5.23 Å². The third-order valence-corrected chi connectivity index (χ3v) is 1.65. The maximum absolute atomic E-state index is 12.4. The number of diazo groups is 1. The van der Waals surface area contributed by atoms with Crippen LogP contribution in [-0.4, -0.2) is 0 Å². The highest BCUT2D eigenvalue weighted by Gasteiger charge is 2.13. The van der Waals surface area contributed by atoms with E-state index in [1.165, 1.54) is 12.1 Å². The van der Waals surface area contributed by atoms with Crippen molar-refractivity contribution in [2.45, 2.75) is 0 Å². The monoisotopic (exact) mass is 216 g/mol. The smallest absolute Gasteiger partial charge is 0.0508 e. The summed E-state index contributed by atoms with van der Waals surface area (Å²) in [6, 6.07) is 6.24. The van der Waals surface area contributed by atoms with Crippen LogP contribution in [0, 0.1) is 5.39 Å². The van der Waals surface area contributed by atoms with E-state index < -0.39 is 0 Å². The number of hydrogen-bond acceptors (Lipinski definition) is 2. The first-order valence-corrected chi connectivity index (χ1v) is 3.60. The Hall–Kier alpha value is -1.15. The molecule has 3 nitrogen and oxygen atoms in total. The SMILES string of the molecule is N#[N+]N(F)c1ccc(Br)cc1. The number of halogens is 2. The third kappa shape index (κ3) is 1.88. The zero-order valence-corrected chi connectivity index (χ0v) is 6.99. The standard InChI is InChI=1S/C6H4BrFN3/c7-5-1-3-6(4-2-5)11(8)10-9/h1-4H/q+1. The van der Waals surface area contributed by atoms with Gasteiger partial charge in [-0.05, 0) is 28.7 Å². The van der Waals surface area contributed by atoms with Gasteiger partial charge < -0.3 is 0 Å². The van der Waals surface area contributed by atoms with Gasteiger partial charge in [-0.1, -0.05) is 15.9 Å². The molecule has 0 N–H and O–H groups in total. The minimum absolute atomic E-state index is 0.119. The van der Waals surface area contributed by atoms with Crippen molar-refractivity contribution >= 4 is 21.6 Å². The van der Waals surface area contributed by atoms with Gasteiger partial charge in [0.05, 0.1) is 0 Å². The van der Waals surface area contributed by atoms with Crippen molar-refractivity contribution < 1.29 is 4.48 Å². The lowest BCUT2D eigenvalue weighted by molar-refractivity contribution is 0.490. The van der Waals surface area contributed by atoms with Crippen LogP contribution in [-0.2, 0) is 0 Å². The maximum atomic E-state index is 12.4. The second-order valence-electron chi connectivity index (χ2n) is 1.83. The zero-order valence-electron chi connectivity index (χ0n) is 5.41. The molecule has 0 spiro atoms. The third-order valence-electron chi connectivity index (χ3n) is 1.12. The Bertz CT molecular complexity index is 279. The molecule has 5 heteroatoms. The first-order chi connectivity index (χ1) is 5.24. The van der Waals surface area contributed by atoms with Gasteiger partial charge in [0.15, 0.2) is 10.9 Å². The van der Waals surface area contributed by atoms with Gasteiger partial charge in [-0.3, -0.25) is 0 Å². The molecular weight excluding hydrogens is 213 g/mol. The fraction of sp³-hybridized carbons (Fsp3) is 0. The Morgan fingerprint density at radius 1 is 1.36 bits per heavy atom. The van der Waals surface area contributed by atoms with E-state index in [2.05, 4.69) is 21.0 Å². The van der Waals surface area contributed by atoms with E-state index in [-0.39, 0.29) is 10.9 Å². The summed E-state index contributed by atoms with van der Waals surface area (Å²) in [5.74, 6) is 0. The van der Waals surface area contributed by atoms with Crippen molar-refractivity contribution in [1.29, 1.82) is 5.39 Å². The number of rotatable bonds is 1. The molecule has 0 atom stereocenters. The summed E-state index contributed by atoms with van der Waals surface area (Å²) < 4.78 is 13.2. The van der Waals surface area contributed by atoms with E-state index in [1.54, 1.807) is 12.1 Å². The van der Waals surface area contributed by atoms with Crippen molar-refractivity contribution in [3.63, 3.8) is 0 Å². The van der Waals surface area contributed by atoms with Gasteiger partial charge >= 0.3 is 5.08 Å². The average molecular weight is 217 g/mol. The summed E-state index contributed by atoms with van der Waals surface area (Å²) in [6.45, 7) is 0. The van der Waals surface area contributed by atoms with E-state index in [9.17, 15) is 4.48 Å². The van der Waals surface area contributed by atoms with E-state index in [1.807, 2.05) is 0 Å². The fourth-order valence-corrected chi connectivity index (χ4v) is 0.880. The molecule has 0 radical (unpaired) electrons. The molecule has 11 heavy (non-hydrogen) atoms. The summed E-state index contributed by atoms with van der Waals surface area (Å²) in [7, 11) is 0. The Labute approximate surface area is 71.1 Å². The molecule has 0 bridgehead atoms. The van der Waals surface area contributed by atoms with Gasteiger partial charge in [0.25, 0.3) is 5.39 Å². The molecule has 0 aromatic heterocycles. The van der Waals surface area contributed by atoms with Gasteiger partial charge in [0.1, 0.15) is 0 Å². The quantitative estimate of drug-likeness (QED) is 0.411. The predicted octanol–water partition coefficient (Wildman–Crippen LogP) is 2.91. The van der Waals surface area contributed by atoms with Crippen LogP contribution in [0.2, 0.25) is 0 Å². The maximum Gasteiger partial charge on any atom is 0.344 e. The van der Waals surface area contributed by atoms with Crippen LogP contribution in [0.3, 0.4) is 0 Å². The minimum atomic E-state index is -0.119. The molecule has 0 unspecified atom stereocenters. The number of anilines is 1. The van der Waals surface area contributed by atoms with Crippen molar-refractivity contribution in [1.82, 2.24) is 0 Å². The predicted molar refractivity (Wildman–Crippen MR) is 42.8 cm³/mol. The summed E-state index contributed by atoms with van der Waals surface area (Å²) >= 11 is 3.18. The van der Waals surface area contributed by atoms with Crippen LogP contribution in [0.25, 0.3) is 5.08 Å². The summed E-state index contributed by atoms with van der Waals surface area (Å²) in [5.41, 5.74) is 0.177. The molecule has 0 heterocycles. The van der Waals surface area contributed by atoms with E-state index in [4.69, 9.17) is 5.39 Å². The number of nitrogens with zero attached hydrogens (tertiary/aromatic N) is 3. The average Bonchev–Trinajstić information content (AvgIpc) is 2.05. The largest absolute Gasteiger partial charge is 0.344 e. The normalized spacial score (nSPS) is 8.82. The topological polar surface area (TPSA) is 31.4 Å². The molecule has 0 saturated carbocycles. The molecule has 1 rings (SSSR count). The lowest BCUT2D eigenvalue weighted by Gasteiger charge is -1.91. The minimum Gasteiger partial charge on any atom is -0.0508 e. The van der Waals surface area contributed by atoms with E-state index in [0.717, 1.165) is 4.47 Å². The van der Waals surface area contributed by atoms with E-state index >= 15 is 0 Å². The van der Waals surface area contributed by atoms with Crippen LogP contribution in [0.15, 0.2) is 28.7 Å². The lowest BCUT2D eigenvalue weighted by atomic mass is 10.3. The Morgan fingerprint density at radius 2 is 1.91 bits per heavy atom. The molecule has 56 valence electrons. The lowest BCUT2D eigenvalue weighted by Crippen LogP contribution is -1.96.